The Bertz CT molecular complexity index is 317. The Morgan fingerprint density at radius 1 is 1.12 bits per heavy atom. The van der Waals surface area contributed by atoms with Crippen LogP contribution in [0.1, 0.15) is 55.8 Å². The first-order chi connectivity index (χ1) is 7.69. The van der Waals surface area contributed by atoms with Crippen molar-refractivity contribution in [3.05, 3.63) is 34.9 Å². The molecule has 0 radical (unpaired) electrons. The molecule has 1 rings (SSSR count). The number of hydrogen-bond acceptors (Lipinski definition) is 1. The minimum atomic E-state index is 0.532. The van der Waals surface area contributed by atoms with Crippen molar-refractivity contribution in [1.82, 2.24) is 5.32 Å². The molecule has 0 spiro atoms. The molecule has 1 atom stereocenters. The number of benzene rings is 1. The van der Waals surface area contributed by atoms with Crippen LogP contribution >= 0.6 is 0 Å². The number of nitrogens with one attached hydrogen (secondary N) is 1. The summed E-state index contributed by atoms with van der Waals surface area (Å²) in [4.78, 5) is 0. The van der Waals surface area contributed by atoms with Gasteiger partial charge >= 0.3 is 0 Å². The molecular formula is C15H25N. The monoisotopic (exact) mass is 219 g/mol. The van der Waals surface area contributed by atoms with E-state index in [2.05, 4.69) is 51.2 Å². The van der Waals surface area contributed by atoms with Gasteiger partial charge in [0, 0.05) is 6.04 Å². The van der Waals surface area contributed by atoms with Crippen molar-refractivity contribution in [3.63, 3.8) is 0 Å². The quantitative estimate of drug-likeness (QED) is 0.758. The topological polar surface area (TPSA) is 12.0 Å². The number of aryl methyl sites for hydroxylation is 2. The van der Waals surface area contributed by atoms with Gasteiger partial charge in [0.1, 0.15) is 0 Å². The van der Waals surface area contributed by atoms with Crippen molar-refractivity contribution >= 4 is 0 Å². The van der Waals surface area contributed by atoms with Gasteiger partial charge in [0.2, 0.25) is 0 Å². The summed E-state index contributed by atoms with van der Waals surface area (Å²) < 4.78 is 0. The Balaban J connectivity index is 2.78. The van der Waals surface area contributed by atoms with E-state index < -0.39 is 0 Å². The third-order valence-electron chi connectivity index (χ3n) is 3.23. The fourth-order valence-electron chi connectivity index (χ4n) is 2.02. The molecule has 0 saturated heterocycles. The van der Waals surface area contributed by atoms with Crippen molar-refractivity contribution in [2.24, 2.45) is 0 Å². The Morgan fingerprint density at radius 3 is 2.44 bits per heavy atom. The van der Waals surface area contributed by atoms with Crippen LogP contribution in [0.4, 0.5) is 0 Å². The first-order valence-electron chi connectivity index (χ1n) is 6.49. The van der Waals surface area contributed by atoms with Crippen LogP contribution in [0.15, 0.2) is 18.2 Å². The molecule has 1 nitrogen and oxygen atoms in total. The maximum atomic E-state index is 3.58. The van der Waals surface area contributed by atoms with Crippen LogP contribution in [-0.4, -0.2) is 6.54 Å². The molecule has 0 aromatic heterocycles. The van der Waals surface area contributed by atoms with E-state index in [4.69, 9.17) is 0 Å². The lowest BCUT2D eigenvalue weighted by molar-refractivity contribution is 0.494. The lowest BCUT2D eigenvalue weighted by atomic mass is 9.97. The molecule has 1 aromatic rings. The highest BCUT2D eigenvalue weighted by atomic mass is 14.9. The largest absolute Gasteiger partial charge is 0.310 e. The van der Waals surface area contributed by atoms with Crippen molar-refractivity contribution in [2.75, 3.05) is 6.54 Å². The molecule has 0 fully saturated rings. The molecule has 16 heavy (non-hydrogen) atoms. The number of hydrogen-bond donors (Lipinski definition) is 1. The Morgan fingerprint density at radius 2 is 1.88 bits per heavy atom. The second-order valence-electron chi connectivity index (χ2n) is 4.60. The van der Waals surface area contributed by atoms with E-state index >= 15 is 0 Å². The molecule has 1 heteroatoms. The van der Waals surface area contributed by atoms with Crippen molar-refractivity contribution in [2.45, 2.75) is 53.0 Å². The molecule has 0 aliphatic rings. The second kappa shape index (κ2) is 6.70. The van der Waals surface area contributed by atoms with Gasteiger partial charge in [-0.25, -0.2) is 0 Å². The molecule has 0 bridgehead atoms. The number of rotatable bonds is 6. The van der Waals surface area contributed by atoms with Crippen molar-refractivity contribution < 1.29 is 0 Å². The van der Waals surface area contributed by atoms with Gasteiger partial charge in [-0.15, -0.1) is 0 Å². The SMILES string of the molecule is CCCCC(NCC)c1ccc(C)c(C)c1. The lowest BCUT2D eigenvalue weighted by Gasteiger charge is -2.19. The highest BCUT2D eigenvalue weighted by Gasteiger charge is 2.09. The van der Waals surface area contributed by atoms with Gasteiger partial charge in [-0.05, 0) is 43.5 Å². The van der Waals surface area contributed by atoms with E-state index in [0.29, 0.717) is 6.04 Å². The summed E-state index contributed by atoms with van der Waals surface area (Å²) in [5.41, 5.74) is 4.23. The van der Waals surface area contributed by atoms with Gasteiger partial charge in [0.15, 0.2) is 0 Å². The first-order valence-corrected chi connectivity index (χ1v) is 6.49. The minimum absolute atomic E-state index is 0.532. The highest BCUT2D eigenvalue weighted by Crippen LogP contribution is 2.21. The van der Waals surface area contributed by atoms with Crippen LogP contribution in [-0.2, 0) is 0 Å². The minimum Gasteiger partial charge on any atom is -0.310 e. The zero-order chi connectivity index (χ0) is 12.0. The van der Waals surface area contributed by atoms with Gasteiger partial charge in [-0.2, -0.15) is 0 Å². The molecule has 1 aromatic carbocycles. The lowest BCUT2D eigenvalue weighted by Crippen LogP contribution is -2.20. The summed E-state index contributed by atoms with van der Waals surface area (Å²) in [6.07, 6.45) is 3.81. The summed E-state index contributed by atoms with van der Waals surface area (Å²) in [5.74, 6) is 0. The molecule has 0 amide bonds. The average Bonchev–Trinajstić information content (AvgIpc) is 2.28. The molecule has 0 saturated carbocycles. The zero-order valence-corrected chi connectivity index (χ0v) is 11.1. The van der Waals surface area contributed by atoms with Crippen LogP contribution in [0.3, 0.4) is 0 Å². The first kappa shape index (κ1) is 13.2. The third kappa shape index (κ3) is 3.64. The van der Waals surface area contributed by atoms with Crippen LogP contribution in [0.25, 0.3) is 0 Å². The Hall–Kier alpha value is -0.820. The van der Waals surface area contributed by atoms with E-state index in [1.54, 1.807) is 0 Å². The second-order valence-corrected chi connectivity index (χ2v) is 4.60. The summed E-state index contributed by atoms with van der Waals surface area (Å²) in [6.45, 7) is 9.85. The zero-order valence-electron chi connectivity index (χ0n) is 11.1. The summed E-state index contributed by atoms with van der Waals surface area (Å²) in [7, 11) is 0. The van der Waals surface area contributed by atoms with Crippen LogP contribution in [0.5, 0.6) is 0 Å². The van der Waals surface area contributed by atoms with Gasteiger partial charge in [0.05, 0.1) is 0 Å². The predicted octanol–water partition coefficient (Wildman–Crippen LogP) is 4.14. The van der Waals surface area contributed by atoms with Crippen LogP contribution in [0, 0.1) is 13.8 Å². The van der Waals surface area contributed by atoms with Gasteiger partial charge in [-0.1, -0.05) is 44.9 Å². The third-order valence-corrected chi connectivity index (χ3v) is 3.23. The van der Waals surface area contributed by atoms with Gasteiger partial charge in [-0.3, -0.25) is 0 Å². The fourth-order valence-corrected chi connectivity index (χ4v) is 2.02. The molecule has 0 aliphatic heterocycles. The summed E-state index contributed by atoms with van der Waals surface area (Å²) in [5, 5.41) is 3.58. The molecular weight excluding hydrogens is 194 g/mol. The summed E-state index contributed by atoms with van der Waals surface area (Å²) >= 11 is 0. The maximum absolute atomic E-state index is 3.58. The molecule has 0 aliphatic carbocycles. The van der Waals surface area contributed by atoms with E-state index in [9.17, 15) is 0 Å². The Kier molecular flexibility index (Phi) is 5.54. The maximum Gasteiger partial charge on any atom is 0.0320 e. The van der Waals surface area contributed by atoms with E-state index in [-0.39, 0.29) is 0 Å². The predicted molar refractivity (Wildman–Crippen MR) is 71.9 cm³/mol. The van der Waals surface area contributed by atoms with E-state index in [0.717, 1.165) is 6.54 Å². The highest BCUT2D eigenvalue weighted by molar-refractivity contribution is 5.31. The Labute approximate surface area is 100 Å². The van der Waals surface area contributed by atoms with Gasteiger partial charge < -0.3 is 5.32 Å². The smallest absolute Gasteiger partial charge is 0.0320 e. The van der Waals surface area contributed by atoms with Crippen LogP contribution < -0.4 is 5.32 Å². The number of unbranched alkanes of at least 4 members (excludes halogenated alkanes) is 1. The van der Waals surface area contributed by atoms with Gasteiger partial charge in [0.25, 0.3) is 0 Å². The molecule has 1 N–H and O–H groups in total. The average molecular weight is 219 g/mol. The van der Waals surface area contributed by atoms with Crippen molar-refractivity contribution in [3.8, 4) is 0 Å². The van der Waals surface area contributed by atoms with Crippen molar-refractivity contribution in [1.29, 1.82) is 0 Å². The van der Waals surface area contributed by atoms with Crippen LogP contribution in [0.2, 0.25) is 0 Å². The molecule has 1 unspecified atom stereocenters. The molecule has 0 heterocycles. The standard InChI is InChI=1S/C15H25N/c1-5-7-8-15(16-6-2)14-10-9-12(3)13(4)11-14/h9-11,15-16H,5-8H2,1-4H3. The normalized spacial score (nSPS) is 12.8. The fraction of sp³-hybridized carbons (Fsp3) is 0.600. The summed E-state index contributed by atoms with van der Waals surface area (Å²) in [6, 6.07) is 7.37. The van der Waals surface area contributed by atoms with E-state index in [1.165, 1.54) is 36.0 Å². The van der Waals surface area contributed by atoms with E-state index in [1.807, 2.05) is 0 Å². The molecule has 90 valence electrons.